The van der Waals surface area contributed by atoms with Crippen LogP contribution in [0.2, 0.25) is 0 Å². The Morgan fingerprint density at radius 1 is 1.07 bits per heavy atom. The maximum Gasteiger partial charge on any atom is 0.176 e. The van der Waals surface area contributed by atoms with Crippen LogP contribution in [-0.4, -0.2) is 14.9 Å². The first-order valence-electron chi connectivity index (χ1n) is 9.31. The topological polar surface area (TPSA) is 41.9 Å². The number of anilines is 2. The van der Waals surface area contributed by atoms with Crippen molar-refractivity contribution in [3.05, 3.63) is 77.5 Å². The number of aromatic nitrogens is 2. The molecule has 140 valence electrons. The smallest absolute Gasteiger partial charge is 0.176 e. The molecule has 0 aliphatic heterocycles. The van der Waals surface area contributed by atoms with Gasteiger partial charge in [0.05, 0.1) is 6.54 Å². The molecule has 2 N–H and O–H groups in total. The van der Waals surface area contributed by atoms with E-state index in [0.29, 0.717) is 11.0 Å². The van der Waals surface area contributed by atoms with Crippen LogP contribution in [0.3, 0.4) is 0 Å². The fraction of sp³-hybridized carbons (Fsp3) is 0.273. The van der Waals surface area contributed by atoms with Crippen LogP contribution in [-0.2, 0) is 6.54 Å². The van der Waals surface area contributed by atoms with Crippen molar-refractivity contribution in [2.24, 2.45) is 0 Å². The number of thiocarbonyl (C=S) groups is 1. The Morgan fingerprint density at radius 2 is 1.81 bits per heavy atom. The van der Waals surface area contributed by atoms with Gasteiger partial charge < -0.3 is 10.6 Å². The highest BCUT2D eigenvalue weighted by molar-refractivity contribution is 7.80. The molecule has 2 aromatic carbocycles. The molecule has 0 fully saturated rings. The van der Waals surface area contributed by atoms with E-state index in [2.05, 4.69) is 85.0 Å². The summed E-state index contributed by atoms with van der Waals surface area (Å²) in [5.41, 5.74) is 4.84. The van der Waals surface area contributed by atoms with E-state index in [-0.39, 0.29) is 0 Å². The van der Waals surface area contributed by atoms with Crippen LogP contribution in [0.1, 0.15) is 42.9 Å². The Labute approximate surface area is 166 Å². The summed E-state index contributed by atoms with van der Waals surface area (Å²) in [5, 5.41) is 11.5. The van der Waals surface area contributed by atoms with E-state index in [1.807, 2.05) is 16.9 Å². The van der Waals surface area contributed by atoms with Crippen molar-refractivity contribution < 1.29 is 0 Å². The Hall–Kier alpha value is -2.66. The monoisotopic (exact) mass is 378 g/mol. The minimum absolute atomic E-state index is 0.535. The van der Waals surface area contributed by atoms with Crippen molar-refractivity contribution in [1.29, 1.82) is 0 Å². The van der Waals surface area contributed by atoms with Crippen LogP contribution in [0.5, 0.6) is 0 Å². The van der Waals surface area contributed by atoms with Gasteiger partial charge in [0.2, 0.25) is 0 Å². The molecule has 1 unspecified atom stereocenters. The summed E-state index contributed by atoms with van der Waals surface area (Å²) in [6, 6.07) is 18.7. The standard InChI is InChI=1S/C22H26N4S/c1-4-16(2)18-9-11-20(12-10-18)23-22(27)24-21-13-14-26(25-21)15-19-8-6-5-7-17(19)3/h5-14,16H,4,15H2,1-3H3,(H2,23,24,25,27). The molecular formula is C22H26N4S. The summed E-state index contributed by atoms with van der Waals surface area (Å²) >= 11 is 5.41. The molecule has 3 rings (SSSR count). The molecular weight excluding hydrogens is 352 g/mol. The van der Waals surface area contributed by atoms with Gasteiger partial charge in [0, 0.05) is 18.0 Å². The van der Waals surface area contributed by atoms with Gasteiger partial charge in [0.25, 0.3) is 0 Å². The minimum atomic E-state index is 0.535. The Morgan fingerprint density at radius 3 is 2.52 bits per heavy atom. The van der Waals surface area contributed by atoms with E-state index in [0.717, 1.165) is 24.5 Å². The van der Waals surface area contributed by atoms with Gasteiger partial charge in [-0.3, -0.25) is 4.68 Å². The highest BCUT2D eigenvalue weighted by Gasteiger charge is 2.06. The molecule has 0 saturated heterocycles. The quantitative estimate of drug-likeness (QED) is 0.551. The molecule has 0 spiro atoms. The number of rotatable bonds is 6. The first kappa shape index (κ1) is 19.1. The molecule has 27 heavy (non-hydrogen) atoms. The largest absolute Gasteiger partial charge is 0.332 e. The summed E-state index contributed by atoms with van der Waals surface area (Å²) in [7, 11) is 0. The SMILES string of the molecule is CCC(C)c1ccc(NC(=S)Nc2ccn(Cc3ccccc3C)n2)cc1. The second kappa shape index (κ2) is 8.82. The van der Waals surface area contributed by atoms with Crippen LogP contribution in [0, 0.1) is 6.92 Å². The lowest BCUT2D eigenvalue weighted by Crippen LogP contribution is -2.19. The van der Waals surface area contributed by atoms with E-state index in [4.69, 9.17) is 12.2 Å². The second-order valence-corrected chi connectivity index (χ2v) is 7.24. The molecule has 0 aliphatic rings. The van der Waals surface area contributed by atoms with Crippen molar-refractivity contribution >= 4 is 28.8 Å². The molecule has 1 aromatic heterocycles. The number of benzene rings is 2. The summed E-state index contributed by atoms with van der Waals surface area (Å²) in [6.07, 6.45) is 3.09. The minimum Gasteiger partial charge on any atom is -0.332 e. The Balaban J connectivity index is 1.57. The Bertz CT molecular complexity index is 899. The van der Waals surface area contributed by atoms with Crippen LogP contribution in [0.15, 0.2) is 60.8 Å². The van der Waals surface area contributed by atoms with Gasteiger partial charge in [-0.15, -0.1) is 0 Å². The van der Waals surface area contributed by atoms with Gasteiger partial charge in [-0.25, -0.2) is 0 Å². The fourth-order valence-electron chi connectivity index (χ4n) is 2.89. The van der Waals surface area contributed by atoms with Crippen molar-refractivity contribution in [1.82, 2.24) is 9.78 Å². The predicted octanol–water partition coefficient (Wildman–Crippen LogP) is 5.56. The maximum absolute atomic E-state index is 5.41. The molecule has 3 aromatic rings. The molecule has 4 nitrogen and oxygen atoms in total. The van der Waals surface area contributed by atoms with Gasteiger partial charge in [-0.2, -0.15) is 5.10 Å². The van der Waals surface area contributed by atoms with Gasteiger partial charge in [-0.05, 0) is 60.3 Å². The van der Waals surface area contributed by atoms with E-state index in [1.165, 1.54) is 16.7 Å². The van der Waals surface area contributed by atoms with Crippen LogP contribution >= 0.6 is 12.2 Å². The van der Waals surface area contributed by atoms with Crippen LogP contribution in [0.25, 0.3) is 0 Å². The van der Waals surface area contributed by atoms with Gasteiger partial charge >= 0.3 is 0 Å². The highest BCUT2D eigenvalue weighted by Crippen LogP contribution is 2.20. The zero-order chi connectivity index (χ0) is 19.2. The third-order valence-electron chi connectivity index (χ3n) is 4.83. The summed E-state index contributed by atoms with van der Waals surface area (Å²) in [4.78, 5) is 0. The van der Waals surface area contributed by atoms with Crippen molar-refractivity contribution in [2.75, 3.05) is 10.6 Å². The number of nitrogens with zero attached hydrogens (tertiary/aromatic N) is 2. The second-order valence-electron chi connectivity index (χ2n) is 6.84. The van der Waals surface area contributed by atoms with E-state index < -0.39 is 0 Å². The molecule has 0 radical (unpaired) electrons. The van der Waals surface area contributed by atoms with Crippen LogP contribution in [0.4, 0.5) is 11.5 Å². The molecule has 0 amide bonds. The first-order chi connectivity index (χ1) is 13.0. The summed E-state index contributed by atoms with van der Waals surface area (Å²) in [6.45, 7) is 7.30. The normalized spacial score (nSPS) is 11.8. The Kier molecular flexibility index (Phi) is 6.24. The van der Waals surface area contributed by atoms with Gasteiger partial charge in [0.1, 0.15) is 0 Å². The lowest BCUT2D eigenvalue weighted by atomic mass is 9.99. The summed E-state index contributed by atoms with van der Waals surface area (Å²) in [5.74, 6) is 1.30. The van der Waals surface area contributed by atoms with E-state index in [9.17, 15) is 0 Å². The lowest BCUT2D eigenvalue weighted by molar-refractivity contribution is 0.687. The van der Waals surface area contributed by atoms with Gasteiger partial charge in [0.15, 0.2) is 10.9 Å². The molecule has 0 bridgehead atoms. The zero-order valence-corrected chi connectivity index (χ0v) is 16.9. The molecule has 5 heteroatoms. The molecule has 1 heterocycles. The average molecular weight is 379 g/mol. The first-order valence-corrected chi connectivity index (χ1v) is 9.72. The van der Waals surface area contributed by atoms with Crippen molar-refractivity contribution in [3.8, 4) is 0 Å². The van der Waals surface area contributed by atoms with E-state index >= 15 is 0 Å². The fourth-order valence-corrected chi connectivity index (χ4v) is 3.11. The lowest BCUT2D eigenvalue weighted by Gasteiger charge is -2.12. The number of hydrogen-bond acceptors (Lipinski definition) is 2. The highest BCUT2D eigenvalue weighted by atomic mass is 32.1. The predicted molar refractivity (Wildman–Crippen MR) is 117 cm³/mol. The third-order valence-corrected chi connectivity index (χ3v) is 5.03. The number of nitrogens with one attached hydrogen (secondary N) is 2. The van der Waals surface area contributed by atoms with Gasteiger partial charge in [-0.1, -0.05) is 50.2 Å². The van der Waals surface area contributed by atoms with Crippen molar-refractivity contribution in [3.63, 3.8) is 0 Å². The van der Waals surface area contributed by atoms with E-state index in [1.54, 1.807) is 0 Å². The molecule has 0 aliphatic carbocycles. The number of hydrogen-bond donors (Lipinski definition) is 2. The number of aryl methyl sites for hydroxylation is 1. The average Bonchev–Trinajstić information content (AvgIpc) is 3.10. The van der Waals surface area contributed by atoms with Crippen molar-refractivity contribution in [2.45, 2.75) is 39.7 Å². The summed E-state index contributed by atoms with van der Waals surface area (Å²) < 4.78 is 1.91. The zero-order valence-electron chi connectivity index (χ0n) is 16.1. The third kappa shape index (κ3) is 5.17. The maximum atomic E-state index is 5.41. The van der Waals surface area contributed by atoms with Crippen LogP contribution < -0.4 is 10.6 Å². The molecule has 0 saturated carbocycles. The molecule has 1 atom stereocenters.